The molecule has 1 aliphatic heterocycles. The summed E-state index contributed by atoms with van der Waals surface area (Å²) in [7, 11) is 1.56. The fraction of sp³-hybridized carbons (Fsp3) is 0.560. The molecule has 1 atom stereocenters. The lowest BCUT2D eigenvalue weighted by atomic mass is 10.1. The topological polar surface area (TPSA) is 91.1 Å². The molecule has 2 N–H and O–H groups in total. The zero-order valence-electron chi connectivity index (χ0n) is 19.9. The minimum absolute atomic E-state index is 0.139. The van der Waals surface area contributed by atoms with Crippen LogP contribution >= 0.6 is 0 Å². The molecule has 1 aliphatic rings. The van der Waals surface area contributed by atoms with Crippen LogP contribution in [0.2, 0.25) is 0 Å². The van der Waals surface area contributed by atoms with Crippen molar-refractivity contribution in [3.63, 3.8) is 0 Å². The van der Waals surface area contributed by atoms with Gasteiger partial charge in [-0.1, -0.05) is 56.5 Å². The molecule has 4 rings (SSSR count). The predicted octanol–water partition coefficient (Wildman–Crippen LogP) is 2.99. The maximum absolute atomic E-state index is 13.3. The van der Waals surface area contributed by atoms with E-state index in [1.807, 2.05) is 22.8 Å². The molecule has 0 unspecified atom stereocenters. The summed E-state index contributed by atoms with van der Waals surface area (Å²) in [5.41, 5.74) is 8.06. The van der Waals surface area contributed by atoms with Gasteiger partial charge in [-0.3, -0.25) is 13.9 Å². The van der Waals surface area contributed by atoms with Crippen LogP contribution in [0.5, 0.6) is 0 Å². The molecule has 1 aromatic carbocycles. The first kappa shape index (κ1) is 23.3. The maximum Gasteiger partial charge on any atom is 0.332 e. The number of hydrogen-bond donors (Lipinski definition) is 1. The Labute approximate surface area is 194 Å². The summed E-state index contributed by atoms with van der Waals surface area (Å²) in [6.45, 7) is 4.13. The van der Waals surface area contributed by atoms with E-state index in [2.05, 4.69) is 24.0 Å². The van der Waals surface area contributed by atoms with Gasteiger partial charge in [-0.2, -0.15) is 4.98 Å². The van der Waals surface area contributed by atoms with Crippen molar-refractivity contribution in [2.45, 2.75) is 77.5 Å². The molecule has 0 amide bonds. The SMILES string of the molecule is CCCCCCn1c(=O)n(C)c(=O)c2c1nc(N1CCCC[C@H]1N)n2CCc1ccccc1. The lowest BCUT2D eigenvalue weighted by molar-refractivity contribution is 0.456. The van der Waals surface area contributed by atoms with Crippen LogP contribution < -0.4 is 21.9 Å². The Kier molecular flexibility index (Phi) is 7.33. The average molecular weight is 453 g/mol. The number of rotatable bonds is 9. The second kappa shape index (κ2) is 10.4. The van der Waals surface area contributed by atoms with Crippen molar-refractivity contribution in [2.75, 3.05) is 11.4 Å². The van der Waals surface area contributed by atoms with Crippen molar-refractivity contribution in [3.05, 3.63) is 56.7 Å². The number of unbranched alkanes of at least 4 members (excludes halogenated alkanes) is 3. The molecule has 1 fully saturated rings. The van der Waals surface area contributed by atoms with Crippen LogP contribution in [0.15, 0.2) is 39.9 Å². The monoisotopic (exact) mass is 452 g/mol. The van der Waals surface area contributed by atoms with E-state index in [0.717, 1.165) is 57.9 Å². The minimum atomic E-state index is -0.300. The smallest absolute Gasteiger partial charge is 0.327 e. The number of piperidine rings is 1. The van der Waals surface area contributed by atoms with Gasteiger partial charge in [0.2, 0.25) is 5.95 Å². The maximum atomic E-state index is 13.3. The van der Waals surface area contributed by atoms with Gasteiger partial charge in [0.1, 0.15) is 0 Å². The summed E-state index contributed by atoms with van der Waals surface area (Å²) in [4.78, 5) is 33.4. The van der Waals surface area contributed by atoms with Crippen molar-refractivity contribution >= 4 is 17.1 Å². The lowest BCUT2D eigenvalue weighted by Gasteiger charge is -2.34. The van der Waals surface area contributed by atoms with E-state index in [4.69, 9.17) is 10.7 Å². The summed E-state index contributed by atoms with van der Waals surface area (Å²) in [6.07, 6.45) is 7.84. The highest BCUT2D eigenvalue weighted by atomic mass is 16.2. The van der Waals surface area contributed by atoms with Crippen LogP contribution in [0, 0.1) is 0 Å². The Morgan fingerprint density at radius 3 is 2.55 bits per heavy atom. The van der Waals surface area contributed by atoms with Crippen LogP contribution in [0.3, 0.4) is 0 Å². The predicted molar refractivity (Wildman–Crippen MR) is 133 cm³/mol. The van der Waals surface area contributed by atoms with Crippen LogP contribution in [0.1, 0.15) is 57.4 Å². The average Bonchev–Trinajstić information content (AvgIpc) is 3.21. The van der Waals surface area contributed by atoms with E-state index in [1.165, 1.54) is 10.1 Å². The van der Waals surface area contributed by atoms with E-state index < -0.39 is 0 Å². The number of imidazole rings is 1. The molecule has 3 aromatic rings. The van der Waals surface area contributed by atoms with Crippen LogP contribution in [-0.4, -0.2) is 31.4 Å². The Morgan fingerprint density at radius 1 is 1.03 bits per heavy atom. The van der Waals surface area contributed by atoms with Gasteiger partial charge in [0.15, 0.2) is 11.2 Å². The van der Waals surface area contributed by atoms with Crippen molar-refractivity contribution in [1.29, 1.82) is 0 Å². The summed E-state index contributed by atoms with van der Waals surface area (Å²) in [5, 5.41) is 0. The molecule has 178 valence electrons. The number of anilines is 1. The highest BCUT2D eigenvalue weighted by molar-refractivity contribution is 5.74. The van der Waals surface area contributed by atoms with Gasteiger partial charge in [-0.15, -0.1) is 0 Å². The van der Waals surface area contributed by atoms with Gasteiger partial charge >= 0.3 is 5.69 Å². The zero-order chi connectivity index (χ0) is 23.4. The molecular formula is C25H36N6O2. The van der Waals surface area contributed by atoms with Gasteiger partial charge in [0.05, 0.1) is 6.17 Å². The fourth-order valence-corrected chi connectivity index (χ4v) is 4.77. The molecule has 3 heterocycles. The number of nitrogens with zero attached hydrogens (tertiary/aromatic N) is 5. The lowest BCUT2D eigenvalue weighted by Crippen LogP contribution is -2.47. The molecular weight excluding hydrogens is 416 g/mol. The molecule has 8 heteroatoms. The summed E-state index contributed by atoms with van der Waals surface area (Å²) in [5.74, 6) is 0.707. The van der Waals surface area contributed by atoms with Gasteiger partial charge in [0, 0.05) is 26.7 Å². The fourth-order valence-electron chi connectivity index (χ4n) is 4.77. The molecule has 0 bridgehead atoms. The number of benzene rings is 1. The standard InChI is InChI=1S/C25H36N6O2/c1-3-4-5-10-17-31-22-21(23(32)28(2)25(31)33)30(18-15-19-12-7-6-8-13-19)24(27-22)29-16-11-9-14-20(29)26/h6-8,12-13,20H,3-5,9-11,14-18,26H2,1-2H3/t20-/m0/s1. The van der Waals surface area contributed by atoms with E-state index >= 15 is 0 Å². The first-order valence-electron chi connectivity index (χ1n) is 12.3. The normalized spacial score (nSPS) is 16.6. The second-order valence-electron chi connectivity index (χ2n) is 9.09. The third-order valence-electron chi connectivity index (χ3n) is 6.72. The molecule has 2 aromatic heterocycles. The molecule has 0 aliphatic carbocycles. The van der Waals surface area contributed by atoms with Crippen molar-refractivity contribution in [1.82, 2.24) is 18.7 Å². The van der Waals surface area contributed by atoms with Crippen LogP contribution in [-0.2, 0) is 26.6 Å². The van der Waals surface area contributed by atoms with E-state index in [9.17, 15) is 9.59 Å². The summed E-state index contributed by atoms with van der Waals surface area (Å²) in [6, 6.07) is 10.2. The Balaban J connectivity index is 1.83. The van der Waals surface area contributed by atoms with Crippen molar-refractivity contribution in [3.8, 4) is 0 Å². The number of aromatic nitrogens is 4. The molecule has 33 heavy (non-hydrogen) atoms. The third kappa shape index (κ3) is 4.76. The van der Waals surface area contributed by atoms with E-state index in [0.29, 0.717) is 30.2 Å². The molecule has 0 radical (unpaired) electrons. The highest BCUT2D eigenvalue weighted by Crippen LogP contribution is 2.26. The number of hydrogen-bond acceptors (Lipinski definition) is 5. The van der Waals surface area contributed by atoms with Gasteiger partial charge < -0.3 is 15.2 Å². The van der Waals surface area contributed by atoms with Crippen molar-refractivity contribution < 1.29 is 0 Å². The second-order valence-corrected chi connectivity index (χ2v) is 9.09. The molecule has 0 spiro atoms. The van der Waals surface area contributed by atoms with Gasteiger partial charge in [-0.25, -0.2) is 4.79 Å². The van der Waals surface area contributed by atoms with E-state index in [-0.39, 0.29) is 17.4 Å². The minimum Gasteiger partial charge on any atom is -0.327 e. The highest BCUT2D eigenvalue weighted by Gasteiger charge is 2.27. The first-order chi connectivity index (χ1) is 16.0. The number of fused-ring (bicyclic) bond motifs is 1. The van der Waals surface area contributed by atoms with Crippen molar-refractivity contribution in [2.24, 2.45) is 12.8 Å². The third-order valence-corrected chi connectivity index (χ3v) is 6.72. The van der Waals surface area contributed by atoms with Gasteiger partial charge in [0.25, 0.3) is 5.56 Å². The first-order valence-corrected chi connectivity index (χ1v) is 12.3. The largest absolute Gasteiger partial charge is 0.332 e. The van der Waals surface area contributed by atoms with Crippen LogP contribution in [0.25, 0.3) is 11.2 Å². The Hall–Kier alpha value is -2.87. The summed E-state index contributed by atoms with van der Waals surface area (Å²) >= 11 is 0. The Morgan fingerprint density at radius 2 is 1.82 bits per heavy atom. The quantitative estimate of drug-likeness (QED) is 0.504. The number of aryl methyl sites for hydroxylation is 3. The molecule has 0 saturated carbocycles. The molecule has 8 nitrogen and oxygen atoms in total. The Bertz CT molecular complexity index is 1190. The zero-order valence-corrected chi connectivity index (χ0v) is 19.9. The summed E-state index contributed by atoms with van der Waals surface area (Å²) < 4.78 is 4.91. The number of nitrogens with two attached hydrogens (primary N) is 1. The van der Waals surface area contributed by atoms with Crippen LogP contribution in [0.4, 0.5) is 5.95 Å². The van der Waals surface area contributed by atoms with Gasteiger partial charge in [-0.05, 0) is 37.7 Å². The van der Waals surface area contributed by atoms with E-state index in [1.54, 1.807) is 11.6 Å². The molecule has 1 saturated heterocycles.